The molecule has 9 aromatic rings. The minimum Gasteiger partial charge on any atom is -0.455 e. The number of furan rings is 1. The molecule has 0 aliphatic heterocycles. The second-order valence-electron chi connectivity index (χ2n) is 15.8. The van der Waals surface area contributed by atoms with Crippen molar-refractivity contribution in [3.8, 4) is 33.8 Å². The van der Waals surface area contributed by atoms with Crippen LogP contribution in [0.25, 0.3) is 55.7 Å². The quantitative estimate of drug-likeness (QED) is 0.116. The van der Waals surface area contributed by atoms with Gasteiger partial charge in [-0.25, -0.2) is 4.39 Å². The maximum Gasteiger partial charge on any atom is 0.144 e. The highest BCUT2D eigenvalue weighted by Crippen LogP contribution is 2.37. The number of nitrogens with zero attached hydrogens (tertiary/aromatic N) is 3. The third-order valence-corrected chi connectivity index (χ3v) is 9.90. The molecule has 5 heteroatoms. The third-order valence-electron chi connectivity index (χ3n) is 9.90. The van der Waals surface area contributed by atoms with E-state index in [-0.39, 0.29) is 44.6 Å². The van der Waals surface area contributed by atoms with Crippen LogP contribution in [0.15, 0.2) is 156 Å². The zero-order valence-corrected chi connectivity index (χ0v) is 34.4. The van der Waals surface area contributed by atoms with Crippen molar-refractivity contribution in [2.24, 2.45) is 5.41 Å². The molecule has 0 saturated carbocycles. The maximum absolute atomic E-state index is 14.9. The van der Waals surface area contributed by atoms with Crippen LogP contribution in [0.4, 0.5) is 4.39 Å². The van der Waals surface area contributed by atoms with E-state index in [0.29, 0.717) is 29.3 Å². The normalized spacial score (nSPS) is 18.9. The number of aryl methyl sites for hydroxylation is 8. The van der Waals surface area contributed by atoms with E-state index in [4.69, 9.17) is 15.4 Å². The lowest BCUT2D eigenvalue weighted by atomic mass is 9.85. The lowest BCUT2D eigenvalue weighted by Crippen LogP contribution is -2.12. The van der Waals surface area contributed by atoms with Gasteiger partial charge in [-0.3, -0.25) is 15.0 Å². The van der Waals surface area contributed by atoms with Gasteiger partial charge in [-0.05, 0) is 156 Å². The molecule has 0 N–H and O–H groups in total. The molecule has 5 aromatic carbocycles. The Hall–Kier alpha value is -6.72. The summed E-state index contributed by atoms with van der Waals surface area (Å²) < 4.78 is 224. The van der Waals surface area contributed by atoms with Crippen molar-refractivity contribution < 1.29 is 39.0 Å². The zero-order chi connectivity index (χ0) is 62.8. The van der Waals surface area contributed by atoms with E-state index in [9.17, 15) is 23.6 Å². The van der Waals surface area contributed by atoms with Crippen LogP contribution in [0.2, 0.25) is 0 Å². The van der Waals surface area contributed by atoms with Crippen LogP contribution >= 0.6 is 0 Å². The molecule has 314 valence electrons. The van der Waals surface area contributed by atoms with Gasteiger partial charge in [0.2, 0.25) is 0 Å². The number of benzene rings is 5. The Morgan fingerprint density at radius 2 is 1.11 bits per heavy atom. The molecule has 0 bridgehead atoms. The average molecular weight is 850 g/mol. The SMILES string of the molecule is [2H]c1cc2oc3c(-c4cc(C([2H])([2H])C(C)(C)C)c(C([2H])([2H])C([2H])([2H])c5cc(C([2H])([2H])C([2H])([2H])c6cnc(-c7ccccc7)cc6C([2H])([2H])[2H])cc(C([2H])([2H])C([2H])([2H])c6cnc(-c7ccccc7)cc6C([2H])([2H])[2H])c5)cn4)cccc3c2c([2H])c1F. The molecule has 0 radical (unpaired) electrons. The summed E-state index contributed by atoms with van der Waals surface area (Å²) in [5, 5.41) is 0.252. The van der Waals surface area contributed by atoms with Crippen molar-refractivity contribution in [2.45, 2.75) is 79.1 Å². The number of hydrogen-bond donors (Lipinski definition) is 0. The molecule has 0 aliphatic rings. The molecular formula is C58H54FN3O. The predicted octanol–water partition coefficient (Wildman–Crippen LogP) is 14.5. The van der Waals surface area contributed by atoms with Gasteiger partial charge in [0.1, 0.15) is 17.0 Å². The Morgan fingerprint density at radius 1 is 0.571 bits per heavy atom. The van der Waals surface area contributed by atoms with E-state index in [2.05, 4.69) is 15.0 Å². The third kappa shape index (κ3) is 9.69. The topological polar surface area (TPSA) is 51.8 Å². The van der Waals surface area contributed by atoms with Crippen molar-refractivity contribution in [1.29, 1.82) is 0 Å². The lowest BCUT2D eigenvalue weighted by molar-refractivity contribution is 0.409. The van der Waals surface area contributed by atoms with Crippen molar-refractivity contribution in [2.75, 3.05) is 0 Å². The first-order valence-corrected chi connectivity index (χ1v) is 20.0. The van der Waals surface area contributed by atoms with Gasteiger partial charge in [0, 0.05) is 73.5 Å². The predicted molar refractivity (Wildman–Crippen MR) is 258 cm³/mol. The molecule has 0 spiro atoms. The first-order valence-electron chi connectivity index (χ1n) is 31.0. The summed E-state index contributed by atoms with van der Waals surface area (Å²) in [6.07, 6.45) is -21.4. The monoisotopic (exact) mass is 850 g/mol. The zero-order valence-electron chi connectivity index (χ0n) is 56.4. The van der Waals surface area contributed by atoms with Gasteiger partial charge in [0.25, 0.3) is 0 Å². The number of para-hydroxylation sites is 1. The molecule has 0 unspecified atom stereocenters. The van der Waals surface area contributed by atoms with Gasteiger partial charge in [-0.2, -0.15) is 0 Å². The average Bonchev–Trinajstić information content (AvgIpc) is 0.950. The van der Waals surface area contributed by atoms with E-state index in [1.165, 1.54) is 39.0 Å². The molecule has 63 heavy (non-hydrogen) atoms. The summed E-state index contributed by atoms with van der Waals surface area (Å²) in [6, 6.07) is 26.2. The van der Waals surface area contributed by atoms with E-state index in [0.717, 1.165) is 42.9 Å². The van der Waals surface area contributed by atoms with E-state index < -0.39 is 132 Å². The minimum absolute atomic E-state index is 0.0209. The summed E-state index contributed by atoms with van der Waals surface area (Å²) in [4.78, 5) is 13.1. The van der Waals surface area contributed by atoms with Crippen LogP contribution in [-0.4, -0.2) is 15.0 Å². The summed E-state index contributed by atoms with van der Waals surface area (Å²) in [7, 11) is 0. The van der Waals surface area contributed by atoms with Crippen molar-refractivity contribution in [3.05, 3.63) is 208 Å². The molecule has 4 aromatic heterocycles. The van der Waals surface area contributed by atoms with Gasteiger partial charge < -0.3 is 4.42 Å². The molecular weight excluding hydrogens is 774 g/mol. The van der Waals surface area contributed by atoms with Crippen LogP contribution in [0.5, 0.6) is 0 Å². The molecule has 4 heterocycles. The Kier molecular flexibility index (Phi) is 6.58. The fourth-order valence-electron chi connectivity index (χ4n) is 6.96. The van der Waals surface area contributed by atoms with E-state index in [1.54, 1.807) is 60.7 Å². The molecule has 4 nitrogen and oxygen atoms in total. The number of hydrogen-bond acceptors (Lipinski definition) is 4. The van der Waals surface area contributed by atoms with Crippen LogP contribution in [0, 0.1) is 24.9 Å². The van der Waals surface area contributed by atoms with Crippen molar-refractivity contribution >= 4 is 21.9 Å². The summed E-state index contributed by atoms with van der Waals surface area (Å²) >= 11 is 0. The Labute approximate surface area is 401 Å². The second-order valence-corrected chi connectivity index (χ2v) is 15.8. The summed E-state index contributed by atoms with van der Waals surface area (Å²) in [5.41, 5.74) is -7.37. The number of rotatable bonds is 13. The number of halogens is 1. The fraction of sp³-hybridized carbons (Fsp3) is 0.224. The molecule has 0 aliphatic carbocycles. The summed E-state index contributed by atoms with van der Waals surface area (Å²) in [6.45, 7) is -1.76. The number of aromatic nitrogens is 3. The van der Waals surface area contributed by atoms with Crippen LogP contribution in [0.3, 0.4) is 0 Å². The van der Waals surface area contributed by atoms with Crippen molar-refractivity contribution in [3.63, 3.8) is 0 Å². The Balaban J connectivity index is 1.28. The molecule has 0 saturated heterocycles. The lowest BCUT2D eigenvalue weighted by Gasteiger charge is -2.21. The standard InChI is InChI=1S/C58H54FN3O/c1-38-27-53(43-13-8-6-9-14-43)60-35-45(38)22-19-40-29-41(20-23-46-36-61-54(28-39(46)2)44-15-10-7-11-16-44)31-42(30-40)21-24-47-37-62-55(32-48(47)34-58(3,4)5)51-18-12-17-50-52-33-49(59)25-26-56(52)63-57(50)51/h6-18,25-33,35-37H,19-24,34H2,1-5H3/i1D3,2D3,19D2,20D2,21D2,22D2,23D2,24D2,25D,33D,34D2. The van der Waals surface area contributed by atoms with Crippen LogP contribution in [0.1, 0.15) is 101 Å². The highest BCUT2D eigenvalue weighted by molar-refractivity contribution is 6.09. The second kappa shape index (κ2) is 17.9. The minimum atomic E-state index is -3.61. The molecule has 0 fully saturated rings. The first-order chi connectivity index (χ1) is 39.1. The highest BCUT2D eigenvalue weighted by Gasteiger charge is 2.19. The smallest absolute Gasteiger partial charge is 0.144 e. The van der Waals surface area contributed by atoms with Gasteiger partial charge in [0.05, 0.1) is 19.8 Å². The van der Waals surface area contributed by atoms with E-state index >= 15 is 0 Å². The van der Waals surface area contributed by atoms with Crippen molar-refractivity contribution in [1.82, 2.24) is 15.0 Å². The van der Waals surface area contributed by atoms with Crippen LogP contribution < -0.4 is 0 Å². The van der Waals surface area contributed by atoms with Gasteiger partial charge in [-0.15, -0.1) is 0 Å². The highest BCUT2D eigenvalue weighted by atomic mass is 19.1. The largest absolute Gasteiger partial charge is 0.455 e. The van der Waals surface area contributed by atoms with Gasteiger partial charge in [0.15, 0.2) is 0 Å². The molecule has 0 amide bonds. The fourth-order valence-corrected chi connectivity index (χ4v) is 6.96. The van der Waals surface area contributed by atoms with Crippen LogP contribution in [-0.2, 0) is 44.6 Å². The maximum atomic E-state index is 14.9. The Bertz CT molecular complexity index is 3920. The Morgan fingerprint density at radius 3 is 1.67 bits per heavy atom. The first kappa shape index (κ1) is 23.1. The summed E-state index contributed by atoms with van der Waals surface area (Å²) in [5.74, 6) is -1.11. The van der Waals surface area contributed by atoms with Gasteiger partial charge >= 0.3 is 0 Å². The van der Waals surface area contributed by atoms with E-state index in [1.807, 2.05) is 0 Å². The number of fused-ring (bicyclic) bond motifs is 3. The number of pyridine rings is 3. The van der Waals surface area contributed by atoms with Gasteiger partial charge in [-0.1, -0.05) is 112 Å². The molecule has 0 atom stereocenters. The molecule has 9 rings (SSSR count).